The second-order valence-corrected chi connectivity index (χ2v) is 6.62. The van der Waals surface area contributed by atoms with Crippen LogP contribution in [0, 0.1) is 0 Å². The number of aromatic nitrogens is 1. The van der Waals surface area contributed by atoms with Crippen LogP contribution < -0.4 is 4.74 Å². The zero-order valence-electron chi connectivity index (χ0n) is 14.2. The number of phenols is 1. The third-order valence-electron chi connectivity index (χ3n) is 5.23. The second-order valence-electron chi connectivity index (χ2n) is 6.62. The molecule has 1 aromatic heterocycles. The van der Waals surface area contributed by atoms with Gasteiger partial charge in [0.05, 0.1) is 24.8 Å². The fourth-order valence-corrected chi connectivity index (χ4v) is 3.97. The van der Waals surface area contributed by atoms with Gasteiger partial charge in [-0.2, -0.15) is 0 Å². The largest absolute Gasteiger partial charge is 0.504 e. The van der Waals surface area contributed by atoms with Crippen LogP contribution in [0.4, 0.5) is 0 Å². The highest BCUT2D eigenvalue weighted by molar-refractivity contribution is 5.97. The van der Waals surface area contributed by atoms with E-state index < -0.39 is 6.10 Å². The van der Waals surface area contributed by atoms with Gasteiger partial charge in [0.2, 0.25) is 0 Å². The summed E-state index contributed by atoms with van der Waals surface area (Å²) in [7, 11) is 1.51. The number of aliphatic hydroxyl groups excluding tert-OH is 1. The van der Waals surface area contributed by atoms with Gasteiger partial charge in [-0.1, -0.05) is 0 Å². The standard InChI is InChI=1S/C19H20N2O4/c1-10(22)14-8-20-9-15-13(14)6-16-12-7-18(25-2)17(23)5-11(12)3-4-21(16)19(15)24/h5,7-10,16,22-23H,3-4,6H2,1-2H3. The highest BCUT2D eigenvalue weighted by Gasteiger charge is 2.38. The Kier molecular flexibility index (Phi) is 3.65. The Bertz CT molecular complexity index is 863. The zero-order valence-corrected chi connectivity index (χ0v) is 14.2. The summed E-state index contributed by atoms with van der Waals surface area (Å²) in [6, 6.07) is 3.43. The number of nitrogens with zero attached hydrogens (tertiary/aromatic N) is 2. The summed E-state index contributed by atoms with van der Waals surface area (Å²) in [5.41, 5.74) is 4.15. The lowest BCUT2D eigenvalue weighted by Crippen LogP contribution is -2.44. The molecular weight excluding hydrogens is 320 g/mol. The number of fused-ring (bicyclic) bond motifs is 4. The number of carbonyl (C=O) groups excluding carboxylic acids is 1. The minimum atomic E-state index is -0.681. The van der Waals surface area contributed by atoms with Gasteiger partial charge >= 0.3 is 0 Å². The van der Waals surface area contributed by atoms with Crippen molar-refractivity contribution in [2.75, 3.05) is 13.7 Å². The van der Waals surface area contributed by atoms with Crippen molar-refractivity contribution < 1.29 is 19.7 Å². The SMILES string of the molecule is COc1cc2c(cc1O)CCN1C(=O)c3cncc(C(C)O)c3CC21. The van der Waals surface area contributed by atoms with Gasteiger partial charge in [-0.15, -0.1) is 0 Å². The van der Waals surface area contributed by atoms with E-state index in [-0.39, 0.29) is 17.7 Å². The number of aliphatic hydroxyl groups is 1. The van der Waals surface area contributed by atoms with Crippen LogP contribution in [0.25, 0.3) is 0 Å². The maximum atomic E-state index is 13.0. The number of phenolic OH excluding ortho intramolecular Hbond substituents is 1. The van der Waals surface area contributed by atoms with E-state index in [9.17, 15) is 15.0 Å². The summed E-state index contributed by atoms with van der Waals surface area (Å²) in [6.45, 7) is 2.28. The Labute approximate surface area is 145 Å². The molecule has 0 saturated carbocycles. The van der Waals surface area contributed by atoms with Crippen LogP contribution in [0.1, 0.15) is 51.7 Å². The first-order valence-corrected chi connectivity index (χ1v) is 8.36. The molecule has 2 N–H and O–H groups in total. The summed E-state index contributed by atoms with van der Waals surface area (Å²) in [6.07, 6.45) is 3.85. The smallest absolute Gasteiger partial charge is 0.256 e. The molecule has 4 rings (SSSR count). The molecule has 0 spiro atoms. The molecule has 6 heteroatoms. The molecule has 0 fully saturated rings. The van der Waals surface area contributed by atoms with Gasteiger partial charge in [0.25, 0.3) is 5.91 Å². The normalized spacial score (nSPS) is 19.7. The van der Waals surface area contributed by atoms with E-state index in [0.717, 1.165) is 16.7 Å². The Balaban J connectivity index is 1.86. The van der Waals surface area contributed by atoms with Gasteiger partial charge in [-0.25, -0.2) is 0 Å². The van der Waals surface area contributed by atoms with Gasteiger partial charge in [-0.05, 0) is 48.6 Å². The average molecular weight is 340 g/mol. The highest BCUT2D eigenvalue weighted by atomic mass is 16.5. The second kappa shape index (κ2) is 5.74. The van der Waals surface area contributed by atoms with E-state index in [4.69, 9.17) is 4.74 Å². The molecule has 0 bridgehead atoms. The van der Waals surface area contributed by atoms with Crippen LogP contribution in [0.3, 0.4) is 0 Å². The van der Waals surface area contributed by atoms with Crippen LogP contribution >= 0.6 is 0 Å². The zero-order chi connectivity index (χ0) is 17.7. The lowest BCUT2D eigenvalue weighted by atomic mass is 9.82. The van der Waals surface area contributed by atoms with Crippen LogP contribution in [0.15, 0.2) is 24.5 Å². The number of benzene rings is 1. The number of rotatable bonds is 2. The Morgan fingerprint density at radius 3 is 2.88 bits per heavy atom. The molecule has 130 valence electrons. The number of carbonyl (C=O) groups is 1. The predicted molar refractivity (Wildman–Crippen MR) is 90.7 cm³/mol. The molecule has 6 nitrogen and oxygen atoms in total. The number of methoxy groups -OCH3 is 1. The van der Waals surface area contributed by atoms with Crippen molar-refractivity contribution in [1.29, 1.82) is 0 Å². The van der Waals surface area contributed by atoms with Crippen LogP contribution in [0.5, 0.6) is 11.5 Å². The minimum Gasteiger partial charge on any atom is -0.504 e. The van der Waals surface area contributed by atoms with Crippen LogP contribution in [-0.2, 0) is 12.8 Å². The third-order valence-corrected chi connectivity index (χ3v) is 5.23. The van der Waals surface area contributed by atoms with Gasteiger partial charge in [0.1, 0.15) is 0 Å². The number of hydrogen-bond acceptors (Lipinski definition) is 5. The summed E-state index contributed by atoms with van der Waals surface area (Å²) in [5, 5.41) is 20.1. The van der Waals surface area contributed by atoms with Crippen molar-refractivity contribution in [1.82, 2.24) is 9.88 Å². The molecule has 25 heavy (non-hydrogen) atoms. The molecule has 2 atom stereocenters. The lowest BCUT2D eigenvalue weighted by molar-refractivity contribution is 0.0628. The van der Waals surface area contributed by atoms with E-state index in [1.807, 2.05) is 11.0 Å². The summed E-state index contributed by atoms with van der Waals surface area (Å²) in [5.74, 6) is 0.467. The molecular formula is C19H20N2O4. The average Bonchev–Trinajstić information content (AvgIpc) is 2.60. The van der Waals surface area contributed by atoms with Gasteiger partial charge in [0, 0.05) is 24.5 Å². The maximum absolute atomic E-state index is 13.0. The topological polar surface area (TPSA) is 82.9 Å². The molecule has 0 radical (unpaired) electrons. The van der Waals surface area contributed by atoms with E-state index >= 15 is 0 Å². The van der Waals surface area contributed by atoms with E-state index in [1.165, 1.54) is 7.11 Å². The first-order chi connectivity index (χ1) is 12.0. The molecule has 2 unspecified atom stereocenters. The molecule has 2 aliphatic rings. The molecule has 1 amide bonds. The van der Waals surface area contributed by atoms with Gasteiger partial charge in [0.15, 0.2) is 11.5 Å². The summed E-state index contributed by atoms with van der Waals surface area (Å²) >= 11 is 0. The Morgan fingerprint density at radius 2 is 2.16 bits per heavy atom. The quantitative estimate of drug-likeness (QED) is 0.875. The number of amides is 1. The highest BCUT2D eigenvalue weighted by Crippen LogP contribution is 2.43. The fourth-order valence-electron chi connectivity index (χ4n) is 3.97. The Morgan fingerprint density at radius 1 is 1.36 bits per heavy atom. The molecule has 0 saturated heterocycles. The maximum Gasteiger partial charge on any atom is 0.256 e. The van der Waals surface area contributed by atoms with Crippen LogP contribution in [0.2, 0.25) is 0 Å². The number of hydrogen-bond donors (Lipinski definition) is 2. The first-order valence-electron chi connectivity index (χ1n) is 8.36. The molecule has 2 aliphatic heterocycles. The summed E-state index contributed by atoms with van der Waals surface area (Å²) in [4.78, 5) is 19.0. The molecule has 2 aromatic rings. The van der Waals surface area contributed by atoms with Gasteiger partial charge < -0.3 is 19.8 Å². The summed E-state index contributed by atoms with van der Waals surface area (Å²) < 4.78 is 5.25. The van der Waals surface area contributed by atoms with E-state index in [0.29, 0.717) is 36.3 Å². The third kappa shape index (κ3) is 2.36. The molecule has 1 aromatic carbocycles. The van der Waals surface area contributed by atoms with Crippen LogP contribution in [-0.4, -0.2) is 39.7 Å². The van der Waals surface area contributed by atoms with E-state index in [2.05, 4.69) is 4.98 Å². The number of ether oxygens (including phenoxy) is 1. The van der Waals surface area contributed by atoms with Crippen molar-refractivity contribution in [2.24, 2.45) is 0 Å². The first kappa shape index (κ1) is 15.9. The van der Waals surface area contributed by atoms with E-state index in [1.54, 1.807) is 25.4 Å². The minimum absolute atomic E-state index is 0.0565. The Hall–Kier alpha value is -2.60. The molecule has 0 aliphatic carbocycles. The monoisotopic (exact) mass is 340 g/mol. The number of pyridine rings is 1. The lowest BCUT2D eigenvalue weighted by Gasteiger charge is -2.41. The van der Waals surface area contributed by atoms with Crippen molar-refractivity contribution in [2.45, 2.75) is 31.9 Å². The number of aromatic hydroxyl groups is 1. The van der Waals surface area contributed by atoms with Crippen molar-refractivity contribution in [3.63, 3.8) is 0 Å². The fraction of sp³-hybridized carbons (Fsp3) is 0.368. The van der Waals surface area contributed by atoms with Crippen molar-refractivity contribution in [3.8, 4) is 11.5 Å². The van der Waals surface area contributed by atoms with Crippen molar-refractivity contribution in [3.05, 3.63) is 52.3 Å². The molecule has 3 heterocycles. The predicted octanol–water partition coefficient (Wildman–Crippen LogP) is 2.14. The van der Waals surface area contributed by atoms with Crippen molar-refractivity contribution >= 4 is 5.91 Å². The van der Waals surface area contributed by atoms with Gasteiger partial charge in [-0.3, -0.25) is 9.78 Å².